The molecule has 1 aliphatic heterocycles. The van der Waals surface area contributed by atoms with Crippen molar-refractivity contribution in [2.24, 2.45) is 5.92 Å². The van der Waals surface area contributed by atoms with Crippen LogP contribution in [0.3, 0.4) is 0 Å². The minimum absolute atomic E-state index is 0.00634. The van der Waals surface area contributed by atoms with Crippen LogP contribution in [-0.4, -0.2) is 29.8 Å². The number of carbonyl (C=O) groups is 2. The monoisotopic (exact) mass is 426 g/mol. The van der Waals surface area contributed by atoms with E-state index in [-0.39, 0.29) is 17.7 Å². The van der Waals surface area contributed by atoms with Crippen LogP contribution in [-0.2, 0) is 16.1 Å². The molecule has 0 atom stereocenters. The van der Waals surface area contributed by atoms with Crippen molar-refractivity contribution in [3.63, 3.8) is 0 Å². The normalized spacial score (nSPS) is 15.1. The Labute approximate surface area is 168 Å². The van der Waals surface area contributed by atoms with Gasteiger partial charge in [0.05, 0.1) is 0 Å². The lowest BCUT2D eigenvalue weighted by atomic mass is 9.95. The first-order valence-corrected chi connectivity index (χ1v) is 9.95. The first-order chi connectivity index (χ1) is 13.1. The fraction of sp³-hybridized carbons (Fsp3) is 0.273. The van der Waals surface area contributed by atoms with Crippen molar-refractivity contribution in [1.29, 1.82) is 0 Å². The molecule has 0 aliphatic carbocycles. The van der Waals surface area contributed by atoms with Gasteiger partial charge < -0.3 is 10.2 Å². The average Bonchev–Trinajstić information content (AvgIpc) is 2.71. The SMILES string of the molecule is O=C(NCc1cccc(Br)c1)C1CCN(C(=O)/C=C/c2ccccc2)CC1. The fourth-order valence-electron chi connectivity index (χ4n) is 3.18. The Morgan fingerprint density at radius 1 is 1.07 bits per heavy atom. The van der Waals surface area contributed by atoms with Crippen molar-refractivity contribution in [2.75, 3.05) is 13.1 Å². The maximum atomic E-state index is 12.4. The molecule has 140 valence electrons. The third-order valence-electron chi connectivity index (χ3n) is 4.75. The van der Waals surface area contributed by atoms with E-state index in [1.807, 2.05) is 65.6 Å². The van der Waals surface area contributed by atoms with Gasteiger partial charge in [-0.2, -0.15) is 0 Å². The van der Waals surface area contributed by atoms with Gasteiger partial charge in [-0.25, -0.2) is 0 Å². The number of nitrogens with one attached hydrogen (secondary N) is 1. The average molecular weight is 427 g/mol. The lowest BCUT2D eigenvalue weighted by molar-refractivity contribution is -0.132. The van der Waals surface area contributed by atoms with Gasteiger partial charge in [0.15, 0.2) is 0 Å². The third-order valence-corrected chi connectivity index (χ3v) is 5.24. The Morgan fingerprint density at radius 3 is 2.52 bits per heavy atom. The van der Waals surface area contributed by atoms with Crippen LogP contribution in [0.5, 0.6) is 0 Å². The van der Waals surface area contributed by atoms with Gasteiger partial charge in [0.25, 0.3) is 0 Å². The van der Waals surface area contributed by atoms with Crippen LogP contribution in [0, 0.1) is 5.92 Å². The van der Waals surface area contributed by atoms with Crippen LogP contribution in [0.25, 0.3) is 6.08 Å². The smallest absolute Gasteiger partial charge is 0.246 e. The van der Waals surface area contributed by atoms with Crippen LogP contribution in [0.1, 0.15) is 24.0 Å². The van der Waals surface area contributed by atoms with Crippen LogP contribution >= 0.6 is 15.9 Å². The number of hydrogen-bond acceptors (Lipinski definition) is 2. The number of carbonyl (C=O) groups excluding carboxylic acids is 2. The molecule has 1 aliphatic rings. The van der Waals surface area contributed by atoms with E-state index in [0.717, 1.165) is 15.6 Å². The van der Waals surface area contributed by atoms with E-state index in [0.29, 0.717) is 32.5 Å². The van der Waals surface area contributed by atoms with Gasteiger partial charge in [-0.1, -0.05) is 58.4 Å². The zero-order valence-corrected chi connectivity index (χ0v) is 16.7. The molecule has 1 N–H and O–H groups in total. The Bertz CT molecular complexity index is 812. The Morgan fingerprint density at radius 2 is 1.81 bits per heavy atom. The number of hydrogen-bond donors (Lipinski definition) is 1. The van der Waals surface area contributed by atoms with E-state index in [1.165, 1.54) is 0 Å². The van der Waals surface area contributed by atoms with Gasteiger partial charge in [-0.3, -0.25) is 9.59 Å². The predicted octanol–water partition coefficient (Wildman–Crippen LogP) is 4.02. The van der Waals surface area contributed by atoms with Gasteiger partial charge in [0, 0.05) is 36.1 Å². The van der Waals surface area contributed by atoms with E-state index < -0.39 is 0 Å². The van der Waals surface area contributed by atoms with E-state index in [1.54, 1.807) is 6.08 Å². The molecule has 4 nitrogen and oxygen atoms in total. The topological polar surface area (TPSA) is 49.4 Å². The maximum Gasteiger partial charge on any atom is 0.246 e. The van der Waals surface area contributed by atoms with Gasteiger partial charge >= 0.3 is 0 Å². The highest BCUT2D eigenvalue weighted by atomic mass is 79.9. The molecule has 2 aromatic rings. The number of rotatable bonds is 5. The van der Waals surface area contributed by atoms with Gasteiger partial charge in [-0.15, -0.1) is 0 Å². The van der Waals surface area contributed by atoms with Gasteiger partial charge in [0.1, 0.15) is 0 Å². The Balaban J connectivity index is 1.44. The lowest BCUT2D eigenvalue weighted by Gasteiger charge is -2.30. The molecule has 0 spiro atoms. The summed E-state index contributed by atoms with van der Waals surface area (Å²) in [5, 5.41) is 3.01. The van der Waals surface area contributed by atoms with Gasteiger partial charge in [-0.05, 0) is 42.2 Å². The molecule has 1 heterocycles. The Hall–Kier alpha value is -2.40. The highest BCUT2D eigenvalue weighted by molar-refractivity contribution is 9.10. The molecular weight excluding hydrogens is 404 g/mol. The van der Waals surface area contributed by atoms with Crippen LogP contribution in [0.15, 0.2) is 65.1 Å². The molecule has 0 aromatic heterocycles. The first kappa shape index (κ1) is 19.4. The largest absolute Gasteiger partial charge is 0.352 e. The number of nitrogens with zero attached hydrogens (tertiary/aromatic N) is 1. The second-order valence-corrected chi connectivity index (χ2v) is 7.61. The number of amides is 2. The number of halogens is 1. The minimum atomic E-state index is -0.0284. The second kappa shape index (κ2) is 9.51. The molecule has 2 amide bonds. The van der Waals surface area contributed by atoms with Crippen LogP contribution in [0.2, 0.25) is 0 Å². The van der Waals surface area contributed by atoms with Crippen LogP contribution in [0.4, 0.5) is 0 Å². The van der Waals surface area contributed by atoms with Crippen molar-refractivity contribution in [1.82, 2.24) is 10.2 Å². The van der Waals surface area contributed by atoms with Crippen LogP contribution < -0.4 is 5.32 Å². The molecule has 0 radical (unpaired) electrons. The molecule has 0 bridgehead atoms. The molecule has 0 unspecified atom stereocenters. The van der Waals surface area contributed by atoms with Crippen molar-refractivity contribution in [2.45, 2.75) is 19.4 Å². The first-order valence-electron chi connectivity index (χ1n) is 9.16. The third kappa shape index (κ3) is 5.79. The molecule has 2 aromatic carbocycles. The quantitative estimate of drug-likeness (QED) is 0.733. The summed E-state index contributed by atoms with van der Waals surface area (Å²) < 4.78 is 1.00. The summed E-state index contributed by atoms with van der Waals surface area (Å²) in [4.78, 5) is 26.5. The second-order valence-electron chi connectivity index (χ2n) is 6.69. The summed E-state index contributed by atoms with van der Waals surface area (Å²) in [5.74, 6) is 0.0491. The molecular formula is C22H23BrN2O2. The number of likely N-dealkylation sites (tertiary alicyclic amines) is 1. The maximum absolute atomic E-state index is 12.4. The molecule has 1 fully saturated rings. The van der Waals surface area contributed by atoms with E-state index in [4.69, 9.17) is 0 Å². The van der Waals surface area contributed by atoms with Crippen molar-refractivity contribution in [3.8, 4) is 0 Å². The van der Waals surface area contributed by atoms with Crippen molar-refractivity contribution < 1.29 is 9.59 Å². The van der Waals surface area contributed by atoms with Crippen molar-refractivity contribution in [3.05, 3.63) is 76.3 Å². The summed E-state index contributed by atoms with van der Waals surface area (Å²) in [6, 6.07) is 17.7. The number of piperidine rings is 1. The molecule has 1 saturated heterocycles. The fourth-order valence-corrected chi connectivity index (χ4v) is 3.63. The number of benzene rings is 2. The lowest BCUT2D eigenvalue weighted by Crippen LogP contribution is -2.42. The summed E-state index contributed by atoms with van der Waals surface area (Å²) in [6.45, 7) is 1.76. The summed E-state index contributed by atoms with van der Waals surface area (Å²) in [7, 11) is 0. The summed E-state index contributed by atoms with van der Waals surface area (Å²) >= 11 is 3.44. The van der Waals surface area contributed by atoms with E-state index >= 15 is 0 Å². The Kier molecular flexibility index (Phi) is 6.82. The zero-order valence-electron chi connectivity index (χ0n) is 15.1. The standard InChI is InChI=1S/C22H23BrN2O2/c23-20-8-4-7-18(15-20)16-24-22(27)19-11-13-25(14-12-19)21(26)10-9-17-5-2-1-3-6-17/h1-10,15,19H,11-14,16H2,(H,24,27)/b10-9+. The van der Waals surface area contributed by atoms with Crippen molar-refractivity contribution >= 4 is 33.8 Å². The minimum Gasteiger partial charge on any atom is -0.352 e. The predicted molar refractivity (Wildman–Crippen MR) is 111 cm³/mol. The molecule has 3 rings (SSSR count). The highest BCUT2D eigenvalue weighted by Crippen LogP contribution is 2.18. The summed E-state index contributed by atoms with van der Waals surface area (Å²) in [5.41, 5.74) is 2.07. The molecule has 5 heteroatoms. The molecule has 0 saturated carbocycles. The van der Waals surface area contributed by atoms with E-state index in [2.05, 4.69) is 21.2 Å². The van der Waals surface area contributed by atoms with Gasteiger partial charge in [0.2, 0.25) is 11.8 Å². The highest BCUT2D eigenvalue weighted by Gasteiger charge is 2.26. The zero-order chi connectivity index (χ0) is 19.1. The summed E-state index contributed by atoms with van der Waals surface area (Å²) in [6.07, 6.45) is 4.85. The van der Waals surface area contributed by atoms with E-state index in [9.17, 15) is 9.59 Å². The molecule has 27 heavy (non-hydrogen) atoms.